The van der Waals surface area contributed by atoms with Crippen molar-refractivity contribution in [2.75, 3.05) is 0 Å². The fourth-order valence-electron chi connectivity index (χ4n) is 1.64. The highest BCUT2D eigenvalue weighted by atomic mass is 16.4. The van der Waals surface area contributed by atoms with Crippen molar-refractivity contribution in [1.29, 1.82) is 0 Å². The second kappa shape index (κ2) is 2.69. The van der Waals surface area contributed by atoms with Crippen molar-refractivity contribution in [1.82, 2.24) is 9.97 Å². The van der Waals surface area contributed by atoms with Crippen molar-refractivity contribution in [2.24, 2.45) is 0 Å². The number of carboxylic acid groups (broad SMARTS) is 1. The molecule has 2 N–H and O–H groups in total. The Labute approximate surface area is 73.4 Å². The molecule has 1 atom stereocenters. The van der Waals surface area contributed by atoms with Gasteiger partial charge in [0.1, 0.15) is 0 Å². The summed E-state index contributed by atoms with van der Waals surface area (Å²) in [5.41, 5.74) is 0.881. The summed E-state index contributed by atoms with van der Waals surface area (Å²) in [7, 11) is 0. The van der Waals surface area contributed by atoms with Gasteiger partial charge in [-0.3, -0.25) is 4.79 Å². The molecule has 0 aromatic carbocycles. The maximum Gasteiger partial charge on any atom is 0.345 e. The van der Waals surface area contributed by atoms with Crippen LogP contribution in [0.15, 0.2) is 11.0 Å². The Morgan fingerprint density at radius 3 is 3.15 bits per heavy atom. The smallest absolute Gasteiger partial charge is 0.345 e. The monoisotopic (exact) mass is 180 g/mol. The molecule has 0 bridgehead atoms. The molecule has 0 saturated heterocycles. The lowest BCUT2D eigenvalue weighted by Gasteiger charge is -2.03. The first-order chi connectivity index (χ1) is 6.18. The second-order valence-electron chi connectivity index (χ2n) is 3.06. The average molecular weight is 180 g/mol. The van der Waals surface area contributed by atoms with Crippen molar-refractivity contribution in [3.8, 4) is 0 Å². The minimum Gasteiger partial charge on any atom is -0.481 e. The van der Waals surface area contributed by atoms with Crippen LogP contribution >= 0.6 is 0 Å². The Bertz CT molecular complexity index is 410. The lowest BCUT2D eigenvalue weighted by Crippen LogP contribution is -2.16. The first-order valence-electron chi connectivity index (χ1n) is 3.99. The predicted octanol–water partition coefficient (Wildman–Crippen LogP) is -0.116. The molecular weight excluding hydrogens is 172 g/mol. The first-order valence-corrected chi connectivity index (χ1v) is 3.99. The van der Waals surface area contributed by atoms with Crippen LogP contribution in [0, 0.1) is 0 Å². The lowest BCUT2D eigenvalue weighted by atomic mass is 10.1. The summed E-state index contributed by atoms with van der Waals surface area (Å²) in [6.45, 7) is 0. The van der Waals surface area contributed by atoms with Crippen LogP contribution in [0.4, 0.5) is 0 Å². The van der Waals surface area contributed by atoms with Gasteiger partial charge in [-0.25, -0.2) is 9.78 Å². The molecule has 1 aromatic heterocycles. The maximum absolute atomic E-state index is 10.8. The summed E-state index contributed by atoms with van der Waals surface area (Å²) in [6.07, 6.45) is 2.68. The van der Waals surface area contributed by atoms with E-state index in [4.69, 9.17) is 5.11 Å². The van der Waals surface area contributed by atoms with Gasteiger partial charge in [0, 0.05) is 11.9 Å². The highest BCUT2D eigenvalue weighted by molar-refractivity contribution is 5.76. The van der Waals surface area contributed by atoms with Gasteiger partial charge >= 0.3 is 11.7 Å². The number of fused-ring (bicyclic) bond motifs is 1. The molecule has 1 unspecified atom stereocenters. The van der Waals surface area contributed by atoms with Gasteiger partial charge in [-0.15, -0.1) is 0 Å². The molecule has 13 heavy (non-hydrogen) atoms. The van der Waals surface area contributed by atoms with Crippen molar-refractivity contribution in [3.63, 3.8) is 0 Å². The number of nitrogens with zero attached hydrogens (tertiary/aromatic N) is 1. The van der Waals surface area contributed by atoms with Crippen molar-refractivity contribution < 1.29 is 9.90 Å². The number of aromatic amines is 1. The largest absolute Gasteiger partial charge is 0.481 e. The summed E-state index contributed by atoms with van der Waals surface area (Å²) < 4.78 is 0. The third kappa shape index (κ3) is 1.22. The number of aryl methyl sites for hydroxylation is 1. The van der Waals surface area contributed by atoms with E-state index in [2.05, 4.69) is 9.97 Å². The van der Waals surface area contributed by atoms with Crippen LogP contribution in [0.2, 0.25) is 0 Å². The Morgan fingerprint density at radius 1 is 1.69 bits per heavy atom. The van der Waals surface area contributed by atoms with E-state index in [1.807, 2.05) is 0 Å². The van der Waals surface area contributed by atoms with Crippen molar-refractivity contribution >= 4 is 5.97 Å². The molecule has 5 nitrogen and oxygen atoms in total. The van der Waals surface area contributed by atoms with Gasteiger partial charge in [0.15, 0.2) is 0 Å². The number of hydrogen-bond acceptors (Lipinski definition) is 3. The molecule has 0 saturated carbocycles. The number of aromatic nitrogens is 2. The number of carboxylic acids is 1. The van der Waals surface area contributed by atoms with Gasteiger partial charge in [0.05, 0.1) is 5.92 Å². The number of carbonyl (C=O) groups is 1. The van der Waals surface area contributed by atoms with Crippen molar-refractivity contribution in [3.05, 3.63) is 27.9 Å². The Morgan fingerprint density at radius 2 is 2.46 bits per heavy atom. The van der Waals surface area contributed by atoms with Gasteiger partial charge in [-0.05, 0) is 18.4 Å². The molecule has 0 amide bonds. The Hall–Kier alpha value is -1.65. The molecule has 1 aliphatic rings. The van der Waals surface area contributed by atoms with E-state index in [-0.39, 0.29) is 0 Å². The SMILES string of the molecule is O=C(O)C1CCc2cnc(=O)[nH]c21. The van der Waals surface area contributed by atoms with Crippen LogP contribution in [0.3, 0.4) is 0 Å². The summed E-state index contributed by atoms with van der Waals surface area (Å²) in [5, 5.41) is 8.81. The Kier molecular flexibility index (Phi) is 1.65. The average Bonchev–Trinajstić information content (AvgIpc) is 2.46. The van der Waals surface area contributed by atoms with Crippen molar-refractivity contribution in [2.45, 2.75) is 18.8 Å². The quantitative estimate of drug-likeness (QED) is 0.631. The molecule has 0 aliphatic heterocycles. The summed E-state index contributed by atoms with van der Waals surface area (Å²) in [6, 6.07) is 0. The van der Waals surface area contributed by atoms with Crippen LogP contribution < -0.4 is 5.69 Å². The minimum absolute atomic E-state index is 0.480. The van der Waals surface area contributed by atoms with Crippen LogP contribution in [-0.4, -0.2) is 21.0 Å². The summed E-state index contributed by atoms with van der Waals surface area (Å²) in [5.74, 6) is -1.45. The predicted molar refractivity (Wildman–Crippen MR) is 43.6 cm³/mol. The fraction of sp³-hybridized carbons (Fsp3) is 0.375. The molecular formula is C8H8N2O3. The van der Waals surface area contributed by atoms with Crippen LogP contribution in [-0.2, 0) is 11.2 Å². The van der Waals surface area contributed by atoms with Gasteiger partial charge in [0.2, 0.25) is 0 Å². The second-order valence-corrected chi connectivity index (χ2v) is 3.06. The van der Waals surface area contributed by atoms with E-state index in [1.165, 1.54) is 6.20 Å². The van der Waals surface area contributed by atoms with E-state index in [1.54, 1.807) is 0 Å². The number of nitrogens with one attached hydrogen (secondary N) is 1. The first kappa shape index (κ1) is 7.97. The molecule has 2 rings (SSSR count). The zero-order chi connectivity index (χ0) is 9.42. The minimum atomic E-state index is -0.888. The van der Waals surface area contributed by atoms with Crippen LogP contribution in [0.1, 0.15) is 23.6 Å². The van der Waals surface area contributed by atoms with E-state index in [0.29, 0.717) is 18.5 Å². The van der Waals surface area contributed by atoms with Crippen LogP contribution in [0.25, 0.3) is 0 Å². The Balaban J connectivity index is 2.52. The normalized spacial score (nSPS) is 19.8. The molecule has 1 aromatic rings. The molecule has 0 radical (unpaired) electrons. The number of H-pyrrole nitrogens is 1. The standard InChI is InChI=1S/C8H8N2O3/c11-7(12)5-2-1-4-3-9-8(13)10-6(4)5/h3,5H,1-2H2,(H,11,12)(H,9,10,13). The zero-order valence-electron chi connectivity index (χ0n) is 6.78. The topological polar surface area (TPSA) is 83.0 Å². The molecule has 5 heteroatoms. The third-order valence-electron chi connectivity index (χ3n) is 2.27. The third-order valence-corrected chi connectivity index (χ3v) is 2.27. The molecule has 1 aliphatic carbocycles. The van der Waals surface area contributed by atoms with E-state index >= 15 is 0 Å². The number of hydrogen-bond donors (Lipinski definition) is 2. The molecule has 0 spiro atoms. The van der Waals surface area contributed by atoms with E-state index < -0.39 is 17.6 Å². The van der Waals surface area contributed by atoms with Gasteiger partial charge < -0.3 is 10.1 Å². The van der Waals surface area contributed by atoms with E-state index in [9.17, 15) is 9.59 Å². The zero-order valence-corrected chi connectivity index (χ0v) is 6.78. The van der Waals surface area contributed by atoms with Gasteiger partial charge in [0.25, 0.3) is 0 Å². The summed E-state index contributed by atoms with van der Waals surface area (Å²) in [4.78, 5) is 27.6. The van der Waals surface area contributed by atoms with Gasteiger partial charge in [-0.1, -0.05) is 0 Å². The molecule has 1 heterocycles. The van der Waals surface area contributed by atoms with Crippen LogP contribution in [0.5, 0.6) is 0 Å². The highest BCUT2D eigenvalue weighted by Crippen LogP contribution is 2.29. The molecule has 68 valence electrons. The summed E-state index contributed by atoms with van der Waals surface area (Å²) >= 11 is 0. The highest BCUT2D eigenvalue weighted by Gasteiger charge is 2.29. The molecule has 0 fully saturated rings. The number of aliphatic carboxylic acids is 1. The number of rotatable bonds is 1. The lowest BCUT2D eigenvalue weighted by molar-refractivity contribution is -0.138. The fourth-order valence-corrected chi connectivity index (χ4v) is 1.64. The van der Waals surface area contributed by atoms with Gasteiger partial charge in [-0.2, -0.15) is 0 Å². The van der Waals surface area contributed by atoms with E-state index in [0.717, 1.165) is 5.56 Å². The maximum atomic E-state index is 10.8.